The molecule has 0 saturated heterocycles. The predicted octanol–water partition coefficient (Wildman–Crippen LogP) is 1.32. The lowest BCUT2D eigenvalue weighted by atomic mass is 10.2. The highest BCUT2D eigenvalue weighted by molar-refractivity contribution is 7.89. The van der Waals surface area contributed by atoms with Gasteiger partial charge in [0.2, 0.25) is 10.0 Å². The van der Waals surface area contributed by atoms with Gasteiger partial charge in [-0.15, -0.1) is 0 Å². The molecule has 0 unspecified atom stereocenters. The van der Waals surface area contributed by atoms with Crippen LogP contribution in [0.5, 0.6) is 0 Å². The van der Waals surface area contributed by atoms with E-state index in [1.165, 1.54) is 14.1 Å². The molecule has 0 aliphatic carbocycles. The molecule has 4 N–H and O–H groups in total. The number of hydrogen-bond acceptors (Lipinski definition) is 4. The number of hydrazine groups is 1. The van der Waals surface area contributed by atoms with Gasteiger partial charge in [-0.1, -0.05) is 13.0 Å². The Balaban J connectivity index is 2.77. The molecule has 0 aliphatic heterocycles. The van der Waals surface area contributed by atoms with Crippen LogP contribution in [0.25, 0.3) is 0 Å². The lowest BCUT2D eigenvalue weighted by Gasteiger charge is -2.17. The molecular weight excluding hydrogens is 366 g/mol. The number of anilines is 1. The Kier molecular flexibility index (Phi) is 7.80. The largest absolute Gasteiger partial charge is 0.361 e. The van der Waals surface area contributed by atoms with Crippen LogP contribution in [0.3, 0.4) is 0 Å². The standard InChI is InChI=1S/C14H23N5O2S3/c1-5-8-15-13(22)17-18-14(23)16-12-9-11(7-6-10(12)2)24(20,21)19(3)4/h6-7,9H,5,8H2,1-4H3,(H2,15,17,22)(H2,16,18,23). The molecule has 1 aromatic rings. The average molecular weight is 390 g/mol. The van der Waals surface area contributed by atoms with E-state index in [0.717, 1.165) is 22.8 Å². The van der Waals surface area contributed by atoms with E-state index in [1.54, 1.807) is 18.2 Å². The van der Waals surface area contributed by atoms with Gasteiger partial charge in [-0.25, -0.2) is 12.7 Å². The second kappa shape index (κ2) is 9.11. The zero-order chi connectivity index (χ0) is 18.3. The van der Waals surface area contributed by atoms with E-state index < -0.39 is 10.0 Å². The fourth-order valence-corrected chi connectivity index (χ4v) is 2.90. The quantitative estimate of drug-likeness (QED) is 0.443. The molecule has 0 atom stereocenters. The molecule has 1 rings (SSSR count). The lowest BCUT2D eigenvalue weighted by Crippen LogP contribution is -2.48. The van der Waals surface area contributed by atoms with Gasteiger partial charge >= 0.3 is 0 Å². The molecule has 24 heavy (non-hydrogen) atoms. The third kappa shape index (κ3) is 5.86. The van der Waals surface area contributed by atoms with E-state index in [0.29, 0.717) is 10.8 Å². The van der Waals surface area contributed by atoms with Crippen molar-refractivity contribution in [3.63, 3.8) is 0 Å². The van der Waals surface area contributed by atoms with Crippen LogP contribution in [-0.4, -0.2) is 43.6 Å². The molecule has 0 aromatic heterocycles. The fraction of sp³-hybridized carbons (Fsp3) is 0.429. The molecule has 134 valence electrons. The Morgan fingerprint density at radius 1 is 1.17 bits per heavy atom. The Hall–Kier alpha value is -1.49. The summed E-state index contributed by atoms with van der Waals surface area (Å²) in [6.45, 7) is 4.65. The second-order valence-electron chi connectivity index (χ2n) is 5.22. The lowest BCUT2D eigenvalue weighted by molar-refractivity contribution is 0.521. The Morgan fingerprint density at radius 3 is 2.38 bits per heavy atom. The highest BCUT2D eigenvalue weighted by atomic mass is 32.2. The fourth-order valence-electron chi connectivity index (χ4n) is 1.66. The van der Waals surface area contributed by atoms with Crippen molar-refractivity contribution in [1.82, 2.24) is 20.5 Å². The molecule has 10 heteroatoms. The van der Waals surface area contributed by atoms with Crippen molar-refractivity contribution >= 4 is 50.4 Å². The number of hydrogen-bond donors (Lipinski definition) is 4. The van der Waals surface area contributed by atoms with Crippen LogP contribution in [0.2, 0.25) is 0 Å². The highest BCUT2D eigenvalue weighted by Crippen LogP contribution is 2.21. The van der Waals surface area contributed by atoms with Crippen molar-refractivity contribution in [3.05, 3.63) is 23.8 Å². The molecule has 0 amide bonds. The van der Waals surface area contributed by atoms with E-state index >= 15 is 0 Å². The van der Waals surface area contributed by atoms with E-state index in [4.69, 9.17) is 24.4 Å². The summed E-state index contributed by atoms with van der Waals surface area (Å²) in [4.78, 5) is 0.191. The maximum absolute atomic E-state index is 12.2. The van der Waals surface area contributed by atoms with Crippen LogP contribution >= 0.6 is 24.4 Å². The van der Waals surface area contributed by atoms with Gasteiger partial charge in [-0.3, -0.25) is 10.9 Å². The summed E-state index contributed by atoms with van der Waals surface area (Å²) in [5.41, 5.74) is 6.98. The Morgan fingerprint density at radius 2 is 1.79 bits per heavy atom. The zero-order valence-electron chi connectivity index (χ0n) is 14.1. The summed E-state index contributed by atoms with van der Waals surface area (Å²) in [5.74, 6) is 0. The minimum atomic E-state index is -3.50. The zero-order valence-corrected chi connectivity index (χ0v) is 16.6. The van der Waals surface area contributed by atoms with Crippen molar-refractivity contribution in [2.24, 2.45) is 0 Å². The number of sulfonamides is 1. The van der Waals surface area contributed by atoms with E-state index in [-0.39, 0.29) is 10.0 Å². The van der Waals surface area contributed by atoms with Crippen molar-refractivity contribution in [3.8, 4) is 0 Å². The van der Waals surface area contributed by atoms with Crippen LogP contribution in [0.15, 0.2) is 23.1 Å². The first-order valence-electron chi connectivity index (χ1n) is 7.32. The van der Waals surface area contributed by atoms with E-state index in [9.17, 15) is 8.42 Å². The normalized spacial score (nSPS) is 11.0. The van der Waals surface area contributed by atoms with Crippen LogP contribution in [-0.2, 0) is 10.0 Å². The predicted molar refractivity (Wildman–Crippen MR) is 105 cm³/mol. The van der Waals surface area contributed by atoms with Crippen LogP contribution in [0, 0.1) is 6.92 Å². The smallest absolute Gasteiger partial charge is 0.242 e. The van der Waals surface area contributed by atoms with Crippen LogP contribution in [0.1, 0.15) is 18.9 Å². The summed E-state index contributed by atoms with van der Waals surface area (Å²) in [5, 5.41) is 6.66. The van der Waals surface area contributed by atoms with Crippen LogP contribution < -0.4 is 21.5 Å². The van der Waals surface area contributed by atoms with Gasteiger partial charge in [0.25, 0.3) is 0 Å². The number of nitrogens with one attached hydrogen (secondary N) is 4. The van der Waals surface area contributed by atoms with Crippen molar-refractivity contribution < 1.29 is 8.42 Å². The average Bonchev–Trinajstić information content (AvgIpc) is 2.52. The topological polar surface area (TPSA) is 85.5 Å². The summed E-state index contributed by atoms with van der Waals surface area (Å²) in [6, 6.07) is 4.84. The van der Waals surface area contributed by atoms with Crippen LogP contribution in [0.4, 0.5) is 5.69 Å². The van der Waals surface area contributed by atoms with Gasteiger partial charge < -0.3 is 10.6 Å². The number of thiocarbonyl (C=S) groups is 2. The summed E-state index contributed by atoms with van der Waals surface area (Å²) in [7, 11) is -0.527. The summed E-state index contributed by atoms with van der Waals surface area (Å²) in [6.07, 6.45) is 0.955. The molecular formula is C14H23N5O2S3. The number of rotatable bonds is 5. The maximum atomic E-state index is 12.2. The van der Waals surface area contributed by atoms with E-state index in [2.05, 4.69) is 21.5 Å². The second-order valence-corrected chi connectivity index (χ2v) is 8.19. The Labute approximate surface area is 154 Å². The van der Waals surface area contributed by atoms with Gasteiger partial charge in [0.05, 0.1) is 4.90 Å². The number of aryl methyl sites for hydroxylation is 1. The first-order valence-corrected chi connectivity index (χ1v) is 9.58. The van der Waals surface area contributed by atoms with Gasteiger partial charge in [0.1, 0.15) is 0 Å². The molecule has 1 aromatic carbocycles. The Bertz CT molecular complexity index is 704. The third-order valence-electron chi connectivity index (χ3n) is 3.06. The minimum Gasteiger partial charge on any atom is -0.361 e. The molecule has 0 bridgehead atoms. The third-order valence-corrected chi connectivity index (χ3v) is 5.32. The molecule has 0 spiro atoms. The van der Waals surface area contributed by atoms with Gasteiger partial charge in [0.15, 0.2) is 10.2 Å². The van der Waals surface area contributed by atoms with Crippen molar-refractivity contribution in [2.45, 2.75) is 25.2 Å². The molecule has 0 fully saturated rings. The van der Waals surface area contributed by atoms with Gasteiger partial charge in [-0.05, 0) is 55.5 Å². The van der Waals surface area contributed by atoms with Gasteiger partial charge in [0, 0.05) is 26.3 Å². The molecule has 0 heterocycles. The molecule has 7 nitrogen and oxygen atoms in total. The monoisotopic (exact) mass is 389 g/mol. The summed E-state index contributed by atoms with van der Waals surface area (Å²) >= 11 is 10.3. The van der Waals surface area contributed by atoms with Crippen molar-refractivity contribution in [1.29, 1.82) is 0 Å². The number of nitrogens with zero attached hydrogens (tertiary/aromatic N) is 1. The maximum Gasteiger partial charge on any atom is 0.242 e. The SMILES string of the molecule is CCCNC(=S)NNC(=S)Nc1cc(S(=O)(=O)N(C)C)ccc1C. The summed E-state index contributed by atoms with van der Waals surface area (Å²) < 4.78 is 25.6. The molecule has 0 saturated carbocycles. The first-order chi connectivity index (χ1) is 11.2. The van der Waals surface area contributed by atoms with Crippen molar-refractivity contribution in [2.75, 3.05) is 26.0 Å². The van der Waals surface area contributed by atoms with Gasteiger partial charge in [-0.2, -0.15) is 0 Å². The molecule has 0 radical (unpaired) electrons. The minimum absolute atomic E-state index is 0.191. The highest BCUT2D eigenvalue weighted by Gasteiger charge is 2.18. The first kappa shape index (κ1) is 20.6. The molecule has 0 aliphatic rings. The number of benzene rings is 1. The van der Waals surface area contributed by atoms with E-state index in [1.807, 2.05) is 13.8 Å².